The summed E-state index contributed by atoms with van der Waals surface area (Å²) in [6.07, 6.45) is 11.5. The number of para-hydroxylation sites is 1. The quantitative estimate of drug-likeness (QED) is 0.643. The normalized spacial score (nSPS) is 28.6. The highest BCUT2D eigenvalue weighted by atomic mass is 16.2. The van der Waals surface area contributed by atoms with Crippen LogP contribution in [0.2, 0.25) is 0 Å². The molecular formula is C27H36N4O2. The van der Waals surface area contributed by atoms with Crippen molar-refractivity contribution in [1.29, 1.82) is 0 Å². The Morgan fingerprint density at radius 2 is 1.70 bits per heavy atom. The number of aromatic nitrogens is 2. The van der Waals surface area contributed by atoms with Crippen molar-refractivity contribution >= 4 is 11.8 Å². The summed E-state index contributed by atoms with van der Waals surface area (Å²) in [5, 5.41) is 10.7. The molecule has 1 aromatic carbocycles. The molecule has 6 heteroatoms. The van der Waals surface area contributed by atoms with Crippen molar-refractivity contribution in [2.24, 2.45) is 29.1 Å². The highest BCUT2D eigenvalue weighted by Gasteiger charge is 2.55. The number of benzene rings is 1. The predicted octanol–water partition coefficient (Wildman–Crippen LogP) is 3.89. The molecule has 1 atom stereocenters. The Bertz CT molecular complexity index is 961. The minimum atomic E-state index is -0.488. The van der Waals surface area contributed by atoms with Gasteiger partial charge in [-0.15, -0.1) is 0 Å². The van der Waals surface area contributed by atoms with E-state index in [4.69, 9.17) is 0 Å². The van der Waals surface area contributed by atoms with Gasteiger partial charge in [0.1, 0.15) is 6.04 Å². The van der Waals surface area contributed by atoms with Gasteiger partial charge in [0.25, 0.3) is 0 Å². The van der Waals surface area contributed by atoms with E-state index in [1.54, 1.807) is 0 Å². The molecule has 6 rings (SSSR count). The van der Waals surface area contributed by atoms with E-state index < -0.39 is 6.04 Å². The summed E-state index contributed by atoms with van der Waals surface area (Å²) in [5.74, 6) is 2.22. The van der Waals surface area contributed by atoms with E-state index >= 15 is 0 Å². The zero-order valence-corrected chi connectivity index (χ0v) is 19.8. The number of nitrogens with one attached hydrogen (secondary N) is 2. The predicted molar refractivity (Wildman–Crippen MR) is 128 cm³/mol. The standard InChI is InChI=1S/C27H36N4O2/c1-18(2)24(30-26(33)27-13-20-10-21(14-27)12-22(11-20)15-27)25(32)28-9-8-19-16-29-31(17-19)23-6-4-3-5-7-23/h3-7,16-18,20-22,24H,8-15H2,1-2H3,(H,28,32)(H,30,33). The molecule has 33 heavy (non-hydrogen) atoms. The maximum absolute atomic E-state index is 13.4. The molecule has 6 nitrogen and oxygen atoms in total. The molecular weight excluding hydrogens is 412 g/mol. The van der Waals surface area contributed by atoms with E-state index in [2.05, 4.69) is 15.7 Å². The van der Waals surface area contributed by atoms with Crippen LogP contribution >= 0.6 is 0 Å². The van der Waals surface area contributed by atoms with Crippen LogP contribution in [0.4, 0.5) is 0 Å². The summed E-state index contributed by atoms with van der Waals surface area (Å²) in [6, 6.07) is 9.49. The van der Waals surface area contributed by atoms with E-state index in [0.29, 0.717) is 30.7 Å². The number of rotatable bonds is 8. The third-order valence-electron chi connectivity index (χ3n) is 8.13. The highest BCUT2D eigenvalue weighted by Crippen LogP contribution is 2.60. The van der Waals surface area contributed by atoms with Crippen molar-refractivity contribution in [1.82, 2.24) is 20.4 Å². The number of hydrogen-bond acceptors (Lipinski definition) is 3. The molecule has 4 aliphatic carbocycles. The summed E-state index contributed by atoms with van der Waals surface area (Å²) >= 11 is 0. The lowest BCUT2D eigenvalue weighted by Gasteiger charge is -2.55. The van der Waals surface area contributed by atoms with E-state index in [-0.39, 0.29) is 23.1 Å². The Balaban J connectivity index is 1.16. The Morgan fingerprint density at radius 1 is 1.06 bits per heavy atom. The summed E-state index contributed by atoms with van der Waals surface area (Å²) < 4.78 is 1.85. The third-order valence-corrected chi connectivity index (χ3v) is 8.13. The molecule has 0 saturated heterocycles. The fourth-order valence-corrected chi connectivity index (χ4v) is 6.87. The topological polar surface area (TPSA) is 76.0 Å². The van der Waals surface area contributed by atoms with E-state index in [1.165, 1.54) is 19.3 Å². The van der Waals surface area contributed by atoms with Crippen LogP contribution in [-0.2, 0) is 16.0 Å². The van der Waals surface area contributed by atoms with Gasteiger partial charge in [0, 0.05) is 18.2 Å². The molecule has 4 saturated carbocycles. The summed E-state index contributed by atoms with van der Waals surface area (Å²) in [5.41, 5.74) is 1.85. The van der Waals surface area contributed by atoms with Crippen molar-refractivity contribution < 1.29 is 9.59 Å². The van der Waals surface area contributed by atoms with Gasteiger partial charge in [0.2, 0.25) is 11.8 Å². The molecule has 2 aromatic rings. The average molecular weight is 449 g/mol. The number of hydrogen-bond donors (Lipinski definition) is 2. The smallest absolute Gasteiger partial charge is 0.242 e. The number of nitrogens with zero attached hydrogens (tertiary/aromatic N) is 2. The number of carbonyl (C=O) groups is 2. The van der Waals surface area contributed by atoms with Crippen molar-refractivity contribution in [2.45, 2.75) is 64.8 Å². The Kier molecular flexibility index (Phi) is 6.02. The minimum absolute atomic E-state index is 0.0451. The van der Waals surface area contributed by atoms with Crippen LogP contribution in [-0.4, -0.2) is 34.2 Å². The first kappa shape index (κ1) is 22.2. The number of amides is 2. The summed E-state index contributed by atoms with van der Waals surface area (Å²) in [4.78, 5) is 26.5. The lowest BCUT2D eigenvalue weighted by molar-refractivity contribution is -0.149. The zero-order chi connectivity index (χ0) is 23.0. The van der Waals surface area contributed by atoms with E-state index in [0.717, 1.165) is 30.5 Å². The first-order valence-corrected chi connectivity index (χ1v) is 12.6. The van der Waals surface area contributed by atoms with Crippen molar-refractivity contribution in [3.05, 3.63) is 48.3 Å². The second-order valence-corrected chi connectivity index (χ2v) is 11.1. The van der Waals surface area contributed by atoms with Crippen molar-refractivity contribution in [3.63, 3.8) is 0 Å². The lowest BCUT2D eigenvalue weighted by atomic mass is 9.49. The van der Waals surface area contributed by atoms with Crippen LogP contribution in [0.5, 0.6) is 0 Å². The molecule has 176 valence electrons. The SMILES string of the molecule is CC(C)C(NC(=O)C12CC3CC(CC(C3)C1)C2)C(=O)NCCc1cnn(-c2ccccc2)c1. The summed E-state index contributed by atoms with van der Waals surface area (Å²) in [7, 11) is 0. The van der Waals surface area contributed by atoms with E-state index in [9.17, 15) is 9.59 Å². The van der Waals surface area contributed by atoms with Crippen LogP contribution in [0.1, 0.15) is 57.9 Å². The van der Waals surface area contributed by atoms with Crippen LogP contribution in [0, 0.1) is 29.1 Å². The second-order valence-electron chi connectivity index (χ2n) is 11.1. The van der Waals surface area contributed by atoms with Gasteiger partial charge in [-0.2, -0.15) is 5.10 Å². The molecule has 1 heterocycles. The fourth-order valence-electron chi connectivity index (χ4n) is 6.87. The molecule has 4 bridgehead atoms. The van der Waals surface area contributed by atoms with Gasteiger partial charge in [-0.05, 0) is 86.3 Å². The van der Waals surface area contributed by atoms with Gasteiger partial charge in [0.05, 0.1) is 11.9 Å². The zero-order valence-electron chi connectivity index (χ0n) is 19.8. The van der Waals surface area contributed by atoms with Gasteiger partial charge in [-0.1, -0.05) is 32.0 Å². The van der Waals surface area contributed by atoms with E-state index in [1.807, 2.05) is 61.3 Å². The molecule has 2 amide bonds. The second kappa shape index (κ2) is 8.96. The molecule has 1 unspecified atom stereocenters. The summed E-state index contributed by atoms with van der Waals surface area (Å²) in [6.45, 7) is 4.54. The monoisotopic (exact) mass is 448 g/mol. The maximum atomic E-state index is 13.4. The molecule has 4 fully saturated rings. The molecule has 0 spiro atoms. The molecule has 0 radical (unpaired) electrons. The van der Waals surface area contributed by atoms with Crippen LogP contribution in [0.3, 0.4) is 0 Å². The fraction of sp³-hybridized carbons (Fsp3) is 0.593. The van der Waals surface area contributed by atoms with Gasteiger partial charge in [0.15, 0.2) is 0 Å². The Morgan fingerprint density at radius 3 is 2.30 bits per heavy atom. The van der Waals surface area contributed by atoms with Gasteiger partial charge >= 0.3 is 0 Å². The minimum Gasteiger partial charge on any atom is -0.354 e. The first-order valence-electron chi connectivity index (χ1n) is 12.6. The Hall–Kier alpha value is -2.63. The van der Waals surface area contributed by atoms with Gasteiger partial charge in [-0.25, -0.2) is 4.68 Å². The van der Waals surface area contributed by atoms with Gasteiger partial charge < -0.3 is 10.6 Å². The molecule has 1 aromatic heterocycles. The molecule has 0 aliphatic heterocycles. The van der Waals surface area contributed by atoms with Crippen LogP contribution in [0.25, 0.3) is 5.69 Å². The van der Waals surface area contributed by atoms with Crippen LogP contribution < -0.4 is 10.6 Å². The molecule has 2 N–H and O–H groups in total. The van der Waals surface area contributed by atoms with Crippen LogP contribution in [0.15, 0.2) is 42.7 Å². The first-order chi connectivity index (χ1) is 15.9. The van der Waals surface area contributed by atoms with Crippen molar-refractivity contribution in [3.8, 4) is 5.69 Å². The number of carbonyl (C=O) groups excluding carboxylic acids is 2. The highest BCUT2D eigenvalue weighted by molar-refractivity contribution is 5.90. The third kappa shape index (κ3) is 4.57. The average Bonchev–Trinajstić information content (AvgIpc) is 3.25. The van der Waals surface area contributed by atoms with Gasteiger partial charge in [-0.3, -0.25) is 9.59 Å². The maximum Gasteiger partial charge on any atom is 0.242 e. The largest absolute Gasteiger partial charge is 0.354 e. The molecule has 4 aliphatic rings. The Labute approximate surface area is 196 Å². The lowest BCUT2D eigenvalue weighted by Crippen LogP contribution is -2.58. The van der Waals surface area contributed by atoms with Crippen molar-refractivity contribution in [2.75, 3.05) is 6.54 Å².